The Hall–Kier alpha value is -2.10. The highest BCUT2D eigenvalue weighted by Gasteiger charge is 2.11. The molecule has 0 saturated carbocycles. The summed E-state index contributed by atoms with van der Waals surface area (Å²) in [6.07, 6.45) is 0. The van der Waals surface area contributed by atoms with Crippen molar-refractivity contribution in [2.24, 2.45) is 0 Å². The van der Waals surface area contributed by atoms with Gasteiger partial charge >= 0.3 is 0 Å². The Morgan fingerprint density at radius 3 is 2.95 bits per heavy atom. The monoisotopic (exact) mass is 273 g/mol. The largest absolute Gasteiger partial charge is 0.383 e. The average molecular weight is 273 g/mol. The predicted molar refractivity (Wildman–Crippen MR) is 78.2 cm³/mol. The number of nitrogens with zero attached hydrogens (tertiary/aromatic N) is 4. The topological polar surface area (TPSA) is 80.1 Å². The normalized spacial score (nSPS) is 11.1. The van der Waals surface area contributed by atoms with Crippen LogP contribution in [0.25, 0.3) is 11.0 Å². The molecule has 0 saturated heterocycles. The molecule has 106 valence electrons. The van der Waals surface area contributed by atoms with Crippen LogP contribution in [0.5, 0.6) is 0 Å². The molecular weight excluding hydrogens is 254 g/mol. The standard InChI is InChI=1S/C14H19N5O/c1-18(8-9-20-2)6-7-19-12-5-3-4-11(10-15)13(12)17-14(19)16/h3-5H,6-9H2,1-2H3,(H2,16,17). The third-order valence-corrected chi connectivity index (χ3v) is 3.31. The molecule has 1 aromatic heterocycles. The minimum absolute atomic E-state index is 0.447. The second kappa shape index (κ2) is 6.37. The third-order valence-electron chi connectivity index (χ3n) is 3.31. The van der Waals surface area contributed by atoms with Gasteiger partial charge in [0.2, 0.25) is 5.95 Å². The minimum atomic E-state index is 0.447. The number of methoxy groups -OCH3 is 1. The number of benzene rings is 1. The van der Waals surface area contributed by atoms with Crippen LogP contribution in [-0.4, -0.2) is 48.3 Å². The molecule has 0 bridgehead atoms. The van der Waals surface area contributed by atoms with Gasteiger partial charge in [-0.1, -0.05) is 6.07 Å². The van der Waals surface area contributed by atoms with Crippen LogP contribution in [0.15, 0.2) is 18.2 Å². The summed E-state index contributed by atoms with van der Waals surface area (Å²) >= 11 is 0. The van der Waals surface area contributed by atoms with Crippen molar-refractivity contribution in [3.63, 3.8) is 0 Å². The van der Waals surface area contributed by atoms with Crippen LogP contribution in [0.4, 0.5) is 5.95 Å². The van der Waals surface area contributed by atoms with Crippen LogP contribution in [0.1, 0.15) is 5.56 Å². The van der Waals surface area contributed by atoms with Gasteiger partial charge < -0.3 is 19.9 Å². The molecule has 2 N–H and O–H groups in total. The number of rotatable bonds is 6. The molecule has 1 heterocycles. The van der Waals surface area contributed by atoms with Gasteiger partial charge in [-0.05, 0) is 19.2 Å². The third kappa shape index (κ3) is 2.90. The van der Waals surface area contributed by atoms with E-state index < -0.39 is 0 Å². The number of hydrogen-bond donors (Lipinski definition) is 1. The van der Waals surface area contributed by atoms with E-state index in [0.717, 1.165) is 25.2 Å². The number of ether oxygens (including phenoxy) is 1. The van der Waals surface area contributed by atoms with Crippen molar-refractivity contribution in [3.8, 4) is 6.07 Å². The second-order valence-electron chi connectivity index (χ2n) is 4.70. The highest BCUT2D eigenvalue weighted by molar-refractivity contribution is 5.83. The van der Waals surface area contributed by atoms with Crippen molar-refractivity contribution in [2.75, 3.05) is 39.6 Å². The number of nitriles is 1. The number of anilines is 1. The van der Waals surface area contributed by atoms with Gasteiger partial charge in [-0.3, -0.25) is 0 Å². The Morgan fingerprint density at radius 2 is 2.25 bits per heavy atom. The molecule has 0 aliphatic heterocycles. The average Bonchev–Trinajstić information content (AvgIpc) is 2.78. The molecule has 6 heteroatoms. The zero-order chi connectivity index (χ0) is 14.5. The molecule has 2 aromatic rings. The number of fused-ring (bicyclic) bond motifs is 1. The van der Waals surface area contributed by atoms with Crippen LogP contribution in [0, 0.1) is 11.3 Å². The van der Waals surface area contributed by atoms with Crippen molar-refractivity contribution >= 4 is 17.0 Å². The summed E-state index contributed by atoms with van der Waals surface area (Å²) in [6.45, 7) is 3.15. The molecular formula is C14H19N5O. The van der Waals surface area contributed by atoms with Crippen molar-refractivity contribution < 1.29 is 4.74 Å². The van der Waals surface area contributed by atoms with Gasteiger partial charge in [0.25, 0.3) is 0 Å². The Morgan fingerprint density at radius 1 is 1.45 bits per heavy atom. The molecule has 2 rings (SSSR count). The van der Waals surface area contributed by atoms with Gasteiger partial charge in [-0.15, -0.1) is 0 Å². The van der Waals surface area contributed by atoms with Crippen LogP contribution in [0.2, 0.25) is 0 Å². The van der Waals surface area contributed by atoms with Gasteiger partial charge in [0.05, 0.1) is 17.7 Å². The molecule has 0 unspecified atom stereocenters. The number of para-hydroxylation sites is 1. The Balaban J connectivity index is 2.18. The van der Waals surface area contributed by atoms with Crippen molar-refractivity contribution in [1.82, 2.24) is 14.5 Å². The van der Waals surface area contributed by atoms with Crippen LogP contribution < -0.4 is 5.73 Å². The van der Waals surface area contributed by atoms with E-state index in [9.17, 15) is 0 Å². The summed E-state index contributed by atoms with van der Waals surface area (Å²) in [5.41, 5.74) is 8.10. The Bertz CT molecular complexity index is 628. The van der Waals surface area contributed by atoms with E-state index in [4.69, 9.17) is 15.7 Å². The lowest BCUT2D eigenvalue weighted by Crippen LogP contribution is -2.27. The summed E-state index contributed by atoms with van der Waals surface area (Å²) in [6, 6.07) is 7.69. The zero-order valence-electron chi connectivity index (χ0n) is 11.8. The van der Waals surface area contributed by atoms with E-state index in [1.807, 2.05) is 23.7 Å². The highest BCUT2D eigenvalue weighted by atomic mass is 16.5. The first-order chi connectivity index (χ1) is 9.67. The van der Waals surface area contributed by atoms with Crippen molar-refractivity contribution in [1.29, 1.82) is 5.26 Å². The number of nitrogen functional groups attached to an aromatic ring is 1. The number of imidazole rings is 1. The second-order valence-corrected chi connectivity index (χ2v) is 4.70. The van der Waals surface area contributed by atoms with Gasteiger partial charge in [-0.25, -0.2) is 4.98 Å². The summed E-state index contributed by atoms with van der Waals surface area (Å²) in [7, 11) is 3.73. The predicted octanol–water partition coefficient (Wildman–Crippen LogP) is 1.07. The maximum atomic E-state index is 9.09. The molecule has 1 aromatic carbocycles. The molecule has 0 spiro atoms. The first-order valence-corrected chi connectivity index (χ1v) is 6.49. The van der Waals surface area contributed by atoms with E-state index in [2.05, 4.69) is 16.0 Å². The number of aromatic nitrogens is 2. The lowest BCUT2D eigenvalue weighted by Gasteiger charge is -2.17. The minimum Gasteiger partial charge on any atom is -0.383 e. The van der Waals surface area contributed by atoms with Crippen LogP contribution in [0.3, 0.4) is 0 Å². The van der Waals surface area contributed by atoms with Crippen molar-refractivity contribution in [2.45, 2.75) is 6.54 Å². The summed E-state index contributed by atoms with van der Waals surface area (Å²) in [5, 5.41) is 9.09. The van der Waals surface area contributed by atoms with E-state index >= 15 is 0 Å². The summed E-state index contributed by atoms with van der Waals surface area (Å²) in [5.74, 6) is 0.447. The zero-order valence-corrected chi connectivity index (χ0v) is 11.8. The number of likely N-dealkylation sites (N-methyl/N-ethyl adjacent to an activating group) is 1. The molecule has 0 aliphatic carbocycles. The maximum Gasteiger partial charge on any atom is 0.201 e. The SMILES string of the molecule is COCCN(C)CCn1c(N)nc2c(C#N)cccc21. The fourth-order valence-electron chi connectivity index (χ4n) is 2.12. The molecule has 6 nitrogen and oxygen atoms in total. The van der Waals surface area contributed by atoms with E-state index in [1.54, 1.807) is 13.2 Å². The fourth-order valence-corrected chi connectivity index (χ4v) is 2.12. The van der Waals surface area contributed by atoms with Crippen molar-refractivity contribution in [3.05, 3.63) is 23.8 Å². The lowest BCUT2D eigenvalue weighted by atomic mass is 10.2. The highest BCUT2D eigenvalue weighted by Crippen LogP contribution is 2.20. The van der Waals surface area contributed by atoms with Gasteiger partial charge in [0, 0.05) is 26.7 Å². The van der Waals surface area contributed by atoms with Crippen LogP contribution >= 0.6 is 0 Å². The number of nitrogens with two attached hydrogens (primary N) is 1. The summed E-state index contributed by atoms with van der Waals surface area (Å²) < 4.78 is 7.00. The first kappa shape index (κ1) is 14.3. The van der Waals surface area contributed by atoms with E-state index in [1.165, 1.54) is 0 Å². The molecule has 0 aliphatic rings. The summed E-state index contributed by atoms with van der Waals surface area (Å²) in [4.78, 5) is 6.47. The number of hydrogen-bond acceptors (Lipinski definition) is 5. The smallest absolute Gasteiger partial charge is 0.201 e. The Labute approximate surface area is 118 Å². The molecule has 20 heavy (non-hydrogen) atoms. The van der Waals surface area contributed by atoms with E-state index in [0.29, 0.717) is 23.6 Å². The lowest BCUT2D eigenvalue weighted by molar-refractivity contribution is 0.159. The Kier molecular flexibility index (Phi) is 4.56. The fraction of sp³-hybridized carbons (Fsp3) is 0.429. The molecule has 0 fully saturated rings. The quantitative estimate of drug-likeness (QED) is 0.851. The van der Waals surface area contributed by atoms with E-state index in [-0.39, 0.29) is 0 Å². The van der Waals surface area contributed by atoms with Crippen LogP contribution in [-0.2, 0) is 11.3 Å². The molecule has 0 atom stereocenters. The van der Waals surface area contributed by atoms with Gasteiger partial charge in [-0.2, -0.15) is 5.26 Å². The first-order valence-electron chi connectivity index (χ1n) is 6.49. The molecule has 0 amide bonds. The molecule has 0 radical (unpaired) electrons. The van der Waals surface area contributed by atoms with Gasteiger partial charge in [0.1, 0.15) is 11.6 Å². The maximum absolute atomic E-state index is 9.09. The van der Waals surface area contributed by atoms with Gasteiger partial charge in [0.15, 0.2) is 0 Å².